The summed E-state index contributed by atoms with van der Waals surface area (Å²) < 4.78 is 4.94. The second-order valence-electron chi connectivity index (χ2n) is 6.08. The van der Waals surface area contributed by atoms with Gasteiger partial charge in [-0.1, -0.05) is 56.3 Å². The first kappa shape index (κ1) is 23.9. The van der Waals surface area contributed by atoms with Crippen molar-refractivity contribution in [2.45, 2.75) is 54.4 Å². The molecule has 1 aliphatic heterocycles. The Morgan fingerprint density at radius 3 is 1.96 bits per heavy atom. The highest BCUT2D eigenvalue weighted by atomic mass is 16.5. The Balaban J connectivity index is 0.000000517. The second-order valence-corrected chi connectivity index (χ2v) is 6.08. The zero-order chi connectivity index (χ0) is 19.9. The van der Waals surface area contributed by atoms with E-state index in [-0.39, 0.29) is 0 Å². The Morgan fingerprint density at radius 2 is 1.58 bits per heavy atom. The van der Waals surface area contributed by atoms with Gasteiger partial charge >= 0.3 is 0 Å². The van der Waals surface area contributed by atoms with Gasteiger partial charge in [-0.3, -0.25) is 0 Å². The van der Waals surface area contributed by atoms with Crippen molar-refractivity contribution in [1.82, 2.24) is 4.98 Å². The SMILES string of the molecule is C1CCOC1.C=C(C)c1c(-c2ccc(C)cc2)c[nH]c1C.C=CC.CC. The van der Waals surface area contributed by atoms with E-state index in [2.05, 4.69) is 62.5 Å². The van der Waals surface area contributed by atoms with Gasteiger partial charge in [0.2, 0.25) is 0 Å². The summed E-state index contributed by atoms with van der Waals surface area (Å²) in [6.45, 7) is 21.5. The molecule has 0 radical (unpaired) electrons. The van der Waals surface area contributed by atoms with Gasteiger partial charge in [-0.2, -0.15) is 0 Å². The molecule has 2 aromatic rings. The van der Waals surface area contributed by atoms with Crippen LogP contribution in [0.2, 0.25) is 0 Å². The lowest BCUT2D eigenvalue weighted by Gasteiger charge is -2.05. The van der Waals surface area contributed by atoms with Crippen molar-refractivity contribution >= 4 is 5.57 Å². The molecule has 0 unspecified atom stereocenters. The molecule has 144 valence electrons. The van der Waals surface area contributed by atoms with Crippen molar-refractivity contribution < 1.29 is 4.74 Å². The molecule has 1 aromatic carbocycles. The van der Waals surface area contributed by atoms with Crippen LogP contribution >= 0.6 is 0 Å². The van der Waals surface area contributed by atoms with Crippen LogP contribution in [0.3, 0.4) is 0 Å². The summed E-state index contributed by atoms with van der Waals surface area (Å²) in [6, 6.07) is 8.59. The molecule has 0 amide bonds. The zero-order valence-electron chi connectivity index (χ0n) is 17.6. The molecule has 1 saturated heterocycles. The molecule has 2 heterocycles. The fourth-order valence-electron chi connectivity index (χ4n) is 2.55. The zero-order valence-corrected chi connectivity index (χ0v) is 17.6. The molecule has 0 aliphatic carbocycles. The Morgan fingerprint density at radius 1 is 1.08 bits per heavy atom. The molecular formula is C24H37NO. The van der Waals surface area contributed by atoms with E-state index in [0.29, 0.717) is 0 Å². The molecule has 1 aromatic heterocycles. The summed E-state index contributed by atoms with van der Waals surface area (Å²) in [5.41, 5.74) is 7.30. The highest BCUT2D eigenvalue weighted by molar-refractivity contribution is 5.81. The van der Waals surface area contributed by atoms with E-state index in [1.165, 1.54) is 40.8 Å². The van der Waals surface area contributed by atoms with Gasteiger partial charge in [-0.05, 0) is 51.7 Å². The first-order chi connectivity index (χ1) is 12.5. The van der Waals surface area contributed by atoms with Crippen molar-refractivity contribution in [2.75, 3.05) is 13.2 Å². The van der Waals surface area contributed by atoms with E-state index in [4.69, 9.17) is 4.74 Å². The lowest BCUT2D eigenvalue weighted by atomic mass is 9.98. The average Bonchev–Trinajstić information content (AvgIpc) is 3.31. The second kappa shape index (κ2) is 14.1. The maximum Gasteiger partial charge on any atom is 0.0466 e. The van der Waals surface area contributed by atoms with Gasteiger partial charge < -0.3 is 9.72 Å². The van der Waals surface area contributed by atoms with Crippen LogP contribution in [-0.4, -0.2) is 18.2 Å². The molecule has 1 aliphatic rings. The number of aromatic amines is 1. The molecule has 2 nitrogen and oxygen atoms in total. The molecule has 0 spiro atoms. The minimum absolute atomic E-state index is 1.00. The van der Waals surface area contributed by atoms with Crippen LogP contribution in [0.25, 0.3) is 16.7 Å². The van der Waals surface area contributed by atoms with E-state index in [1.807, 2.05) is 27.7 Å². The van der Waals surface area contributed by atoms with Crippen LogP contribution in [-0.2, 0) is 4.74 Å². The standard InChI is InChI=1S/C15H17N.C4H8O.C3H6.C2H6/c1-10(2)15-12(4)16-9-14(15)13-7-5-11(3)6-8-13;1-2-4-5-3-1;1-3-2;1-2/h5-9,16H,1H2,2-4H3;1-4H2;3H,1H2,2H3;1-2H3. The summed E-state index contributed by atoms with van der Waals surface area (Å²) in [7, 11) is 0. The van der Waals surface area contributed by atoms with Gasteiger partial charge in [-0.25, -0.2) is 0 Å². The highest BCUT2D eigenvalue weighted by Crippen LogP contribution is 2.30. The van der Waals surface area contributed by atoms with Crippen molar-refractivity contribution in [1.29, 1.82) is 0 Å². The Bertz CT molecular complexity index is 623. The first-order valence-electron chi connectivity index (χ1n) is 9.57. The van der Waals surface area contributed by atoms with Gasteiger partial charge in [0.05, 0.1) is 0 Å². The Labute approximate surface area is 161 Å². The van der Waals surface area contributed by atoms with Gasteiger partial charge in [-0.15, -0.1) is 6.58 Å². The van der Waals surface area contributed by atoms with Gasteiger partial charge in [0.1, 0.15) is 0 Å². The molecule has 1 N–H and O–H groups in total. The van der Waals surface area contributed by atoms with Crippen molar-refractivity contribution in [3.63, 3.8) is 0 Å². The number of ether oxygens (including phenoxy) is 1. The molecule has 0 atom stereocenters. The third-order valence-electron chi connectivity index (χ3n) is 3.69. The minimum atomic E-state index is 1.00. The molecule has 0 saturated carbocycles. The molecular weight excluding hydrogens is 318 g/mol. The maximum absolute atomic E-state index is 4.94. The topological polar surface area (TPSA) is 25.0 Å². The number of allylic oxidation sites excluding steroid dienone is 2. The number of rotatable bonds is 2. The normalized spacial score (nSPS) is 11.8. The van der Waals surface area contributed by atoms with E-state index >= 15 is 0 Å². The first-order valence-corrected chi connectivity index (χ1v) is 9.57. The van der Waals surface area contributed by atoms with Crippen LogP contribution in [0.5, 0.6) is 0 Å². The number of aromatic nitrogens is 1. The lowest BCUT2D eigenvalue weighted by Crippen LogP contribution is -1.84. The van der Waals surface area contributed by atoms with Gasteiger partial charge in [0.15, 0.2) is 0 Å². The fourth-order valence-corrected chi connectivity index (χ4v) is 2.55. The number of H-pyrrole nitrogens is 1. The van der Waals surface area contributed by atoms with Crippen LogP contribution in [0.15, 0.2) is 49.7 Å². The van der Waals surface area contributed by atoms with Crippen LogP contribution < -0.4 is 0 Å². The Kier molecular flexibility index (Phi) is 13.0. The number of aryl methyl sites for hydroxylation is 2. The monoisotopic (exact) mass is 355 g/mol. The third kappa shape index (κ3) is 8.35. The maximum atomic E-state index is 4.94. The Hall–Kier alpha value is -2.06. The molecule has 2 heteroatoms. The van der Waals surface area contributed by atoms with Crippen LogP contribution in [0.1, 0.15) is 57.4 Å². The van der Waals surface area contributed by atoms with Crippen molar-refractivity contribution in [2.24, 2.45) is 0 Å². The highest BCUT2D eigenvalue weighted by Gasteiger charge is 2.10. The summed E-state index contributed by atoms with van der Waals surface area (Å²) in [4.78, 5) is 3.27. The lowest BCUT2D eigenvalue weighted by molar-refractivity contribution is 0.198. The van der Waals surface area contributed by atoms with E-state index in [0.717, 1.165) is 18.8 Å². The van der Waals surface area contributed by atoms with Crippen LogP contribution in [0, 0.1) is 13.8 Å². The van der Waals surface area contributed by atoms with E-state index in [9.17, 15) is 0 Å². The van der Waals surface area contributed by atoms with E-state index < -0.39 is 0 Å². The molecule has 1 fully saturated rings. The van der Waals surface area contributed by atoms with Gasteiger partial charge in [0, 0.05) is 36.2 Å². The largest absolute Gasteiger partial charge is 0.381 e. The number of benzene rings is 1. The number of hydrogen-bond acceptors (Lipinski definition) is 1. The minimum Gasteiger partial charge on any atom is -0.381 e. The molecule has 3 rings (SSSR count). The van der Waals surface area contributed by atoms with Crippen molar-refractivity contribution in [3.8, 4) is 11.1 Å². The van der Waals surface area contributed by atoms with E-state index in [1.54, 1.807) is 6.08 Å². The molecule has 26 heavy (non-hydrogen) atoms. The van der Waals surface area contributed by atoms with Gasteiger partial charge in [0.25, 0.3) is 0 Å². The number of nitrogens with one attached hydrogen (secondary N) is 1. The molecule has 0 bridgehead atoms. The number of hydrogen-bond donors (Lipinski definition) is 1. The summed E-state index contributed by atoms with van der Waals surface area (Å²) >= 11 is 0. The van der Waals surface area contributed by atoms with Crippen molar-refractivity contribution in [3.05, 3.63) is 66.5 Å². The van der Waals surface area contributed by atoms with Crippen LogP contribution in [0.4, 0.5) is 0 Å². The smallest absolute Gasteiger partial charge is 0.0466 e. The quantitative estimate of drug-likeness (QED) is 0.560. The third-order valence-corrected chi connectivity index (χ3v) is 3.69. The predicted molar refractivity (Wildman–Crippen MR) is 118 cm³/mol. The predicted octanol–water partition coefficient (Wildman–Crippen LogP) is 7.35. The summed E-state index contributed by atoms with van der Waals surface area (Å²) in [5, 5.41) is 0. The fraction of sp³-hybridized carbons (Fsp3) is 0.417. The summed E-state index contributed by atoms with van der Waals surface area (Å²) in [5.74, 6) is 0. The average molecular weight is 356 g/mol. The summed E-state index contributed by atoms with van der Waals surface area (Å²) in [6.07, 6.45) is 6.37.